The number of quaternary nitrogens is 1. The van der Waals surface area contributed by atoms with Gasteiger partial charge in [-0.3, -0.25) is 18.6 Å². The van der Waals surface area contributed by atoms with Crippen LogP contribution in [0, 0.1) is 0 Å². The second-order valence-electron chi connectivity index (χ2n) is 16.0. The van der Waals surface area contributed by atoms with E-state index in [-0.39, 0.29) is 26.1 Å². The van der Waals surface area contributed by atoms with Crippen LogP contribution in [0.4, 0.5) is 0 Å². The molecule has 2 atom stereocenters. The first kappa shape index (κ1) is 56.2. The third kappa shape index (κ3) is 44.6. The molecule has 0 aromatic heterocycles. The normalized spacial score (nSPS) is 14.3. The largest absolute Gasteiger partial charge is 0.472 e. The van der Waals surface area contributed by atoms with Crippen molar-refractivity contribution in [3.63, 3.8) is 0 Å². The Morgan fingerprint density at radius 3 is 1.44 bits per heavy atom. The van der Waals surface area contributed by atoms with Crippen LogP contribution in [0.1, 0.15) is 162 Å². The number of unbranched alkanes of at least 4 members (excludes halogenated alkanes) is 12. The number of esters is 2. The number of ether oxygens (including phenoxy) is 2. The lowest BCUT2D eigenvalue weighted by molar-refractivity contribution is -0.870. The van der Waals surface area contributed by atoms with Crippen LogP contribution in [0.25, 0.3) is 0 Å². The molecule has 0 aromatic rings. The second-order valence-corrected chi connectivity index (χ2v) is 17.5. The number of hydrogen-bond acceptors (Lipinski definition) is 7. The van der Waals surface area contributed by atoms with Gasteiger partial charge < -0.3 is 18.9 Å². The van der Waals surface area contributed by atoms with Crippen molar-refractivity contribution in [2.45, 2.75) is 168 Å². The van der Waals surface area contributed by atoms with Gasteiger partial charge in [0.25, 0.3) is 0 Å². The van der Waals surface area contributed by atoms with E-state index < -0.39 is 32.5 Å². The Morgan fingerprint density at radius 2 is 0.966 bits per heavy atom. The monoisotopic (exact) mass is 847 g/mol. The lowest BCUT2D eigenvalue weighted by Crippen LogP contribution is -2.37. The molecule has 0 radical (unpaired) electrons. The van der Waals surface area contributed by atoms with Crippen LogP contribution >= 0.6 is 7.82 Å². The van der Waals surface area contributed by atoms with E-state index in [9.17, 15) is 19.0 Å². The second kappa shape index (κ2) is 40.6. The molecule has 0 aliphatic heterocycles. The minimum absolute atomic E-state index is 0.0204. The van der Waals surface area contributed by atoms with E-state index in [1.807, 2.05) is 21.1 Å². The summed E-state index contributed by atoms with van der Waals surface area (Å²) < 4.78 is 34.3. The number of carbonyl (C=O) groups excluding carboxylic acids is 2. The van der Waals surface area contributed by atoms with Crippen LogP contribution in [-0.4, -0.2) is 74.9 Å². The minimum atomic E-state index is -4.39. The molecular weight excluding hydrogens is 762 g/mol. The van der Waals surface area contributed by atoms with Gasteiger partial charge in [-0.2, -0.15) is 0 Å². The summed E-state index contributed by atoms with van der Waals surface area (Å²) in [5, 5.41) is 0. The molecule has 338 valence electrons. The first-order valence-electron chi connectivity index (χ1n) is 22.8. The molecule has 0 saturated heterocycles. The third-order valence-electron chi connectivity index (χ3n) is 9.16. The summed E-state index contributed by atoms with van der Waals surface area (Å²) in [7, 11) is 1.44. The maximum Gasteiger partial charge on any atom is 0.472 e. The molecular formula is C49H85NO8P+. The zero-order chi connectivity index (χ0) is 43.6. The topological polar surface area (TPSA) is 108 Å². The number of hydrogen-bond donors (Lipinski definition) is 1. The van der Waals surface area contributed by atoms with E-state index in [0.717, 1.165) is 109 Å². The maximum absolute atomic E-state index is 12.7. The lowest BCUT2D eigenvalue weighted by atomic mass is 10.1. The maximum atomic E-state index is 12.7. The highest BCUT2D eigenvalue weighted by Gasteiger charge is 2.27. The third-order valence-corrected chi connectivity index (χ3v) is 10.1. The summed E-state index contributed by atoms with van der Waals surface area (Å²) in [6, 6.07) is 0. The molecule has 0 amide bonds. The van der Waals surface area contributed by atoms with E-state index in [4.69, 9.17) is 18.5 Å². The van der Waals surface area contributed by atoms with Gasteiger partial charge in [0.1, 0.15) is 19.8 Å². The Labute approximate surface area is 361 Å². The zero-order valence-electron chi connectivity index (χ0n) is 38.0. The summed E-state index contributed by atoms with van der Waals surface area (Å²) >= 11 is 0. The fraction of sp³-hybridized carbons (Fsp3) is 0.673. The number of allylic oxidation sites excluding steroid dienone is 14. The van der Waals surface area contributed by atoms with Gasteiger partial charge in [-0.15, -0.1) is 0 Å². The van der Waals surface area contributed by atoms with Crippen LogP contribution in [-0.2, 0) is 32.7 Å². The van der Waals surface area contributed by atoms with Gasteiger partial charge in [-0.05, 0) is 83.5 Å². The highest BCUT2D eigenvalue weighted by Crippen LogP contribution is 2.43. The Balaban J connectivity index is 4.41. The molecule has 59 heavy (non-hydrogen) atoms. The molecule has 0 fully saturated rings. The van der Waals surface area contributed by atoms with Gasteiger partial charge in [-0.25, -0.2) is 4.57 Å². The van der Waals surface area contributed by atoms with Gasteiger partial charge in [0.05, 0.1) is 27.7 Å². The van der Waals surface area contributed by atoms with E-state index in [1.54, 1.807) is 0 Å². The molecule has 0 bridgehead atoms. The van der Waals surface area contributed by atoms with Crippen molar-refractivity contribution < 1.29 is 42.1 Å². The molecule has 0 rings (SSSR count). The van der Waals surface area contributed by atoms with Crippen molar-refractivity contribution in [3.05, 3.63) is 85.1 Å². The van der Waals surface area contributed by atoms with Crippen LogP contribution < -0.4 is 0 Å². The number of carbonyl (C=O) groups is 2. The predicted octanol–water partition coefficient (Wildman–Crippen LogP) is 13.2. The first-order valence-corrected chi connectivity index (χ1v) is 24.3. The summed E-state index contributed by atoms with van der Waals surface area (Å²) in [5.41, 5.74) is 0. The average molecular weight is 847 g/mol. The van der Waals surface area contributed by atoms with Crippen molar-refractivity contribution in [2.75, 3.05) is 47.5 Å². The number of phosphoric ester groups is 1. The van der Waals surface area contributed by atoms with E-state index >= 15 is 0 Å². The van der Waals surface area contributed by atoms with Gasteiger partial charge in [0.15, 0.2) is 6.10 Å². The molecule has 0 aromatic carbocycles. The Morgan fingerprint density at radius 1 is 0.542 bits per heavy atom. The van der Waals surface area contributed by atoms with Crippen molar-refractivity contribution >= 4 is 19.8 Å². The summed E-state index contributed by atoms with van der Waals surface area (Å²) in [6.07, 6.45) is 52.0. The van der Waals surface area contributed by atoms with Gasteiger partial charge in [0, 0.05) is 12.8 Å². The van der Waals surface area contributed by atoms with E-state index in [0.29, 0.717) is 23.9 Å². The van der Waals surface area contributed by atoms with Crippen molar-refractivity contribution in [2.24, 2.45) is 0 Å². The standard InChI is InChI=1S/C49H84NO8P/c1-6-8-10-12-14-16-18-20-22-23-24-25-26-27-28-30-32-34-36-38-40-42-49(52)58-47(46-57-59(53,54)56-44-43-50(3,4)5)45-55-48(51)41-39-37-35-33-31-29-21-19-17-15-13-11-9-7-2/h8,10,13-16,19-22,24-25,27-28,47H,6-7,9,11-12,17-18,23,26,29-46H2,1-5H3/p+1/b10-8-,15-13-,16-14-,21-19-,22-20-,25-24-,28-27-. The molecule has 0 spiro atoms. The van der Waals surface area contributed by atoms with Gasteiger partial charge in [0.2, 0.25) is 0 Å². The molecule has 0 heterocycles. The van der Waals surface area contributed by atoms with Crippen LogP contribution in [0.3, 0.4) is 0 Å². The molecule has 0 saturated carbocycles. The molecule has 0 aliphatic rings. The van der Waals surface area contributed by atoms with Crippen molar-refractivity contribution in [1.82, 2.24) is 0 Å². The van der Waals surface area contributed by atoms with Gasteiger partial charge >= 0.3 is 19.8 Å². The highest BCUT2D eigenvalue weighted by molar-refractivity contribution is 7.47. The molecule has 0 aliphatic carbocycles. The zero-order valence-corrected chi connectivity index (χ0v) is 38.8. The molecule has 2 unspecified atom stereocenters. The SMILES string of the molecule is CC/C=C\C/C=C\C/C=C\C/C=C\C/C=C\CCCCCCCC(=O)OC(COC(=O)CCCCCCC/C=C\C/C=C\CCCC)COP(=O)(O)OCC[N+](C)(C)C. The van der Waals surface area contributed by atoms with Crippen LogP contribution in [0.2, 0.25) is 0 Å². The summed E-state index contributed by atoms with van der Waals surface area (Å²) in [5.74, 6) is -0.845. The quantitative estimate of drug-likeness (QED) is 0.0214. The number of rotatable bonds is 40. The van der Waals surface area contributed by atoms with Crippen LogP contribution in [0.5, 0.6) is 0 Å². The molecule has 9 nitrogen and oxygen atoms in total. The van der Waals surface area contributed by atoms with E-state index in [2.05, 4.69) is 98.9 Å². The Kier molecular flexibility index (Phi) is 38.7. The predicted molar refractivity (Wildman–Crippen MR) is 247 cm³/mol. The molecule has 1 N–H and O–H groups in total. The number of likely N-dealkylation sites (N-methyl/N-ethyl adjacent to an activating group) is 1. The fourth-order valence-corrected chi connectivity index (χ4v) is 6.33. The summed E-state index contributed by atoms with van der Waals surface area (Å²) in [6.45, 7) is 4.21. The van der Waals surface area contributed by atoms with E-state index in [1.165, 1.54) is 12.8 Å². The number of phosphoric acid groups is 1. The minimum Gasteiger partial charge on any atom is -0.462 e. The highest BCUT2D eigenvalue weighted by atomic mass is 31.2. The number of nitrogens with zero attached hydrogens (tertiary/aromatic N) is 1. The summed E-state index contributed by atoms with van der Waals surface area (Å²) in [4.78, 5) is 35.4. The van der Waals surface area contributed by atoms with Crippen molar-refractivity contribution in [3.8, 4) is 0 Å². The molecule has 10 heteroatoms. The lowest BCUT2D eigenvalue weighted by Gasteiger charge is -2.24. The first-order chi connectivity index (χ1) is 28.5. The van der Waals surface area contributed by atoms with Crippen LogP contribution in [0.15, 0.2) is 85.1 Å². The Bertz CT molecular complexity index is 1280. The smallest absolute Gasteiger partial charge is 0.462 e. The Hall–Kier alpha value is -2.81. The van der Waals surface area contributed by atoms with Gasteiger partial charge in [-0.1, -0.05) is 150 Å². The van der Waals surface area contributed by atoms with Crippen molar-refractivity contribution in [1.29, 1.82) is 0 Å². The average Bonchev–Trinajstić information content (AvgIpc) is 3.19. The fourth-order valence-electron chi connectivity index (χ4n) is 5.58.